The van der Waals surface area contributed by atoms with Crippen LogP contribution >= 0.6 is 0 Å². The van der Waals surface area contributed by atoms with Crippen molar-refractivity contribution in [3.63, 3.8) is 0 Å². The van der Waals surface area contributed by atoms with Crippen molar-refractivity contribution < 1.29 is 13.7 Å². The number of aryl methyl sites for hydroxylation is 2. The van der Waals surface area contributed by atoms with Gasteiger partial charge in [-0.15, -0.1) is 0 Å². The number of nitrogens with zero attached hydrogens (tertiary/aromatic N) is 2. The summed E-state index contributed by atoms with van der Waals surface area (Å²) in [4.78, 5) is 17.7. The van der Waals surface area contributed by atoms with E-state index in [4.69, 9.17) is 8.94 Å². The summed E-state index contributed by atoms with van der Waals surface area (Å²) in [5.74, 6) is 0.418. The average molecular weight is 373 g/mol. The van der Waals surface area contributed by atoms with Crippen molar-refractivity contribution in [1.82, 2.24) is 15.5 Å². The van der Waals surface area contributed by atoms with Crippen molar-refractivity contribution in [2.24, 2.45) is 0 Å². The van der Waals surface area contributed by atoms with Gasteiger partial charge in [0.15, 0.2) is 5.76 Å². The third-order valence-electron chi connectivity index (χ3n) is 5.31. The number of rotatable bonds is 3. The highest BCUT2D eigenvalue weighted by molar-refractivity contribution is 6.07. The number of furan rings is 1. The Balaban J connectivity index is 1.55. The molecule has 0 spiro atoms. The number of nitrogens with one attached hydrogen (secondary N) is 1. The minimum absolute atomic E-state index is 0.00658. The van der Waals surface area contributed by atoms with E-state index in [1.807, 2.05) is 19.1 Å². The first-order chi connectivity index (χ1) is 13.7. The summed E-state index contributed by atoms with van der Waals surface area (Å²) >= 11 is 0. The molecule has 0 saturated carbocycles. The second-order valence-electron chi connectivity index (χ2n) is 7.10. The molecule has 3 heterocycles. The van der Waals surface area contributed by atoms with Crippen LogP contribution in [0.1, 0.15) is 46.1 Å². The molecule has 1 aliphatic carbocycles. The molecule has 6 nitrogen and oxygen atoms in total. The lowest BCUT2D eigenvalue weighted by atomic mass is 9.87. The number of amides is 1. The van der Waals surface area contributed by atoms with Crippen LogP contribution in [0.3, 0.4) is 0 Å². The number of carbonyl (C=O) groups excluding carboxylic acids is 1. The Hall–Kier alpha value is -3.41. The summed E-state index contributed by atoms with van der Waals surface area (Å²) in [6.45, 7) is 1.81. The zero-order valence-corrected chi connectivity index (χ0v) is 15.4. The van der Waals surface area contributed by atoms with Crippen LogP contribution in [0.5, 0.6) is 0 Å². The minimum atomic E-state index is -0.159. The lowest BCUT2D eigenvalue weighted by Gasteiger charge is -2.26. The Morgan fingerprint density at radius 1 is 1.21 bits per heavy atom. The zero-order valence-electron chi connectivity index (χ0n) is 15.4. The van der Waals surface area contributed by atoms with E-state index in [0.29, 0.717) is 33.8 Å². The molecule has 0 radical (unpaired) electrons. The number of hydrogen-bond donors (Lipinski definition) is 1. The third kappa shape index (κ3) is 2.78. The Morgan fingerprint density at radius 2 is 2.11 bits per heavy atom. The van der Waals surface area contributed by atoms with Gasteiger partial charge in [0, 0.05) is 0 Å². The van der Waals surface area contributed by atoms with Gasteiger partial charge in [-0.05, 0) is 55.5 Å². The van der Waals surface area contributed by atoms with Crippen molar-refractivity contribution in [1.29, 1.82) is 0 Å². The molecular weight excluding hydrogens is 354 g/mol. The van der Waals surface area contributed by atoms with Gasteiger partial charge in [0.25, 0.3) is 11.6 Å². The molecule has 1 atom stereocenters. The average Bonchev–Trinajstić information content (AvgIpc) is 3.38. The van der Waals surface area contributed by atoms with E-state index in [1.54, 1.807) is 24.5 Å². The normalized spacial score (nSPS) is 16.1. The smallest absolute Gasteiger partial charge is 0.259 e. The summed E-state index contributed by atoms with van der Waals surface area (Å²) in [6, 6.07) is 13.6. The van der Waals surface area contributed by atoms with Gasteiger partial charge in [-0.1, -0.05) is 29.4 Å². The molecule has 1 amide bonds. The fourth-order valence-corrected chi connectivity index (χ4v) is 3.96. The topological polar surface area (TPSA) is 81.2 Å². The predicted octanol–water partition coefficient (Wildman–Crippen LogP) is 4.60. The van der Waals surface area contributed by atoms with Crippen molar-refractivity contribution in [3.05, 3.63) is 71.1 Å². The van der Waals surface area contributed by atoms with Gasteiger partial charge in [-0.3, -0.25) is 4.79 Å². The van der Waals surface area contributed by atoms with Gasteiger partial charge in [0.2, 0.25) is 0 Å². The summed E-state index contributed by atoms with van der Waals surface area (Å²) in [7, 11) is 0. The van der Waals surface area contributed by atoms with Crippen LogP contribution in [0.4, 0.5) is 0 Å². The van der Waals surface area contributed by atoms with Crippen LogP contribution in [-0.2, 0) is 6.42 Å². The molecule has 140 valence electrons. The van der Waals surface area contributed by atoms with Crippen LogP contribution < -0.4 is 5.32 Å². The zero-order chi connectivity index (χ0) is 19.1. The van der Waals surface area contributed by atoms with E-state index in [1.165, 1.54) is 11.1 Å². The van der Waals surface area contributed by atoms with E-state index >= 15 is 0 Å². The summed E-state index contributed by atoms with van der Waals surface area (Å²) in [6.07, 6.45) is 4.60. The molecule has 3 aromatic heterocycles. The fourth-order valence-electron chi connectivity index (χ4n) is 3.96. The molecule has 1 unspecified atom stereocenters. The van der Waals surface area contributed by atoms with Crippen LogP contribution in [-0.4, -0.2) is 16.0 Å². The van der Waals surface area contributed by atoms with Crippen LogP contribution in [0.2, 0.25) is 0 Å². The molecule has 6 heteroatoms. The van der Waals surface area contributed by atoms with E-state index in [9.17, 15) is 4.79 Å². The highest BCUT2D eigenvalue weighted by Crippen LogP contribution is 2.31. The predicted molar refractivity (Wildman–Crippen MR) is 104 cm³/mol. The molecule has 4 aromatic rings. The Morgan fingerprint density at radius 3 is 2.96 bits per heavy atom. The fraction of sp³-hybridized carbons (Fsp3) is 0.227. The molecule has 0 aliphatic heterocycles. The summed E-state index contributed by atoms with van der Waals surface area (Å²) < 4.78 is 10.8. The third-order valence-corrected chi connectivity index (χ3v) is 5.31. The van der Waals surface area contributed by atoms with Crippen LogP contribution in [0, 0.1) is 6.92 Å². The number of hydrogen-bond acceptors (Lipinski definition) is 5. The molecule has 1 N–H and O–H groups in total. The van der Waals surface area contributed by atoms with E-state index in [-0.39, 0.29) is 11.9 Å². The lowest BCUT2D eigenvalue weighted by molar-refractivity contribution is 0.0934. The number of benzene rings is 1. The van der Waals surface area contributed by atoms with Gasteiger partial charge >= 0.3 is 0 Å². The Bertz CT molecular complexity index is 1160. The standard InChI is InChI=1S/C22H19N3O3/c1-13-20-16(12-18(19-10-5-11-27-19)24-22(20)28-25-13)21(26)23-17-9-4-7-14-6-2-3-8-15(14)17/h2-3,5-6,8,10-12,17H,4,7,9H2,1H3,(H,23,26). The summed E-state index contributed by atoms with van der Waals surface area (Å²) in [5.41, 5.74) is 4.52. The largest absolute Gasteiger partial charge is 0.463 e. The molecule has 5 rings (SSSR count). The van der Waals surface area contributed by atoms with Crippen molar-refractivity contribution in [2.75, 3.05) is 0 Å². The van der Waals surface area contributed by atoms with Crippen molar-refractivity contribution in [2.45, 2.75) is 32.2 Å². The molecule has 0 saturated heterocycles. The van der Waals surface area contributed by atoms with Gasteiger partial charge in [-0.25, -0.2) is 4.98 Å². The SMILES string of the molecule is Cc1noc2nc(-c3ccco3)cc(C(=O)NC3CCCc4ccccc43)c12. The first-order valence-electron chi connectivity index (χ1n) is 9.40. The Labute approximate surface area is 161 Å². The second-order valence-corrected chi connectivity index (χ2v) is 7.10. The minimum Gasteiger partial charge on any atom is -0.463 e. The maximum atomic E-state index is 13.3. The summed E-state index contributed by atoms with van der Waals surface area (Å²) in [5, 5.41) is 7.84. The molecule has 0 bridgehead atoms. The van der Waals surface area contributed by atoms with Gasteiger partial charge in [0.1, 0.15) is 5.69 Å². The molecule has 0 fully saturated rings. The second kappa shape index (κ2) is 6.64. The van der Waals surface area contributed by atoms with Crippen LogP contribution in [0.25, 0.3) is 22.6 Å². The van der Waals surface area contributed by atoms with Gasteiger partial charge < -0.3 is 14.3 Å². The van der Waals surface area contributed by atoms with Crippen molar-refractivity contribution in [3.8, 4) is 11.5 Å². The van der Waals surface area contributed by atoms with Gasteiger partial charge in [-0.2, -0.15) is 0 Å². The maximum absolute atomic E-state index is 13.3. The van der Waals surface area contributed by atoms with E-state index in [0.717, 1.165) is 19.3 Å². The Kier molecular flexibility index (Phi) is 3.97. The molecule has 28 heavy (non-hydrogen) atoms. The maximum Gasteiger partial charge on any atom is 0.259 e. The van der Waals surface area contributed by atoms with Crippen molar-refractivity contribution >= 4 is 17.0 Å². The van der Waals surface area contributed by atoms with Gasteiger partial charge in [0.05, 0.1) is 28.9 Å². The monoisotopic (exact) mass is 373 g/mol. The highest BCUT2D eigenvalue weighted by atomic mass is 16.5. The number of carbonyl (C=O) groups is 1. The number of fused-ring (bicyclic) bond motifs is 2. The van der Waals surface area contributed by atoms with Crippen LogP contribution in [0.15, 0.2) is 57.7 Å². The lowest BCUT2D eigenvalue weighted by Crippen LogP contribution is -2.31. The van der Waals surface area contributed by atoms with E-state index in [2.05, 4.69) is 27.6 Å². The molecular formula is C22H19N3O3. The first kappa shape index (κ1) is 16.7. The number of aromatic nitrogens is 2. The van der Waals surface area contributed by atoms with E-state index < -0.39 is 0 Å². The first-order valence-corrected chi connectivity index (χ1v) is 9.40. The molecule has 1 aromatic carbocycles. The highest BCUT2D eigenvalue weighted by Gasteiger charge is 2.25. The quantitative estimate of drug-likeness (QED) is 0.568. The molecule has 1 aliphatic rings. The number of pyridine rings is 1.